The van der Waals surface area contributed by atoms with E-state index in [0.29, 0.717) is 5.41 Å². The Morgan fingerprint density at radius 2 is 1.94 bits per heavy atom. The minimum absolute atomic E-state index is 0.639. The minimum Gasteiger partial charge on any atom is -0.305 e. The molecule has 0 amide bonds. The van der Waals surface area contributed by atoms with Crippen molar-refractivity contribution >= 4 is 0 Å². The van der Waals surface area contributed by atoms with E-state index in [1.54, 1.807) is 0 Å². The molecule has 0 saturated heterocycles. The number of hydrogen-bond donors (Lipinski definition) is 0. The highest BCUT2D eigenvalue weighted by molar-refractivity contribution is 5.25. The predicted molar refractivity (Wildman–Crippen MR) is 69.7 cm³/mol. The first-order valence-corrected chi connectivity index (χ1v) is 6.32. The van der Waals surface area contributed by atoms with E-state index in [4.69, 9.17) is 0 Å². The molecule has 0 spiro atoms. The lowest BCUT2D eigenvalue weighted by atomic mass is 10.1. The highest BCUT2D eigenvalue weighted by Crippen LogP contribution is 2.45. The molecule has 0 aromatic heterocycles. The fraction of sp³-hybridized carbons (Fsp3) is 0.600. The molecule has 0 atom stereocenters. The van der Waals surface area contributed by atoms with Crippen molar-refractivity contribution in [3.63, 3.8) is 0 Å². The average Bonchev–Trinajstić information content (AvgIpc) is 2.95. The maximum Gasteiger partial charge on any atom is 0.00324 e. The average molecular weight is 217 g/mol. The van der Waals surface area contributed by atoms with E-state index < -0.39 is 0 Å². The second-order valence-electron chi connectivity index (χ2n) is 5.72. The van der Waals surface area contributed by atoms with E-state index in [1.807, 2.05) is 0 Å². The van der Waals surface area contributed by atoms with Gasteiger partial charge in [-0.3, -0.25) is 0 Å². The molecule has 0 N–H and O–H groups in total. The second kappa shape index (κ2) is 4.58. The number of nitrogens with zero attached hydrogens (tertiary/aromatic N) is 1. The first-order valence-electron chi connectivity index (χ1n) is 6.32. The summed E-state index contributed by atoms with van der Waals surface area (Å²) in [6.07, 6.45) is 4.02. The minimum atomic E-state index is 0.639. The van der Waals surface area contributed by atoms with Crippen LogP contribution < -0.4 is 0 Å². The monoisotopic (exact) mass is 217 g/mol. The number of likely N-dealkylation sites (N-methyl/N-ethyl adjacent to an activating group) is 1. The van der Waals surface area contributed by atoms with Crippen molar-refractivity contribution in [2.75, 3.05) is 20.1 Å². The fourth-order valence-electron chi connectivity index (χ4n) is 2.30. The Bertz CT molecular complexity index is 352. The third-order valence-electron chi connectivity index (χ3n) is 3.78. The third kappa shape index (κ3) is 3.08. The summed E-state index contributed by atoms with van der Waals surface area (Å²) in [4.78, 5) is 2.49. The first-order chi connectivity index (χ1) is 7.59. The van der Waals surface area contributed by atoms with Crippen molar-refractivity contribution in [1.82, 2.24) is 4.90 Å². The summed E-state index contributed by atoms with van der Waals surface area (Å²) >= 11 is 0. The van der Waals surface area contributed by atoms with Crippen LogP contribution in [0.15, 0.2) is 24.3 Å². The number of benzene rings is 1. The Morgan fingerprint density at radius 1 is 1.25 bits per heavy atom. The van der Waals surface area contributed by atoms with Gasteiger partial charge in [-0.15, -0.1) is 0 Å². The molecule has 16 heavy (non-hydrogen) atoms. The van der Waals surface area contributed by atoms with Crippen molar-refractivity contribution in [3.8, 4) is 0 Å². The molecule has 0 bridgehead atoms. The number of rotatable bonds is 5. The molecule has 1 nitrogen and oxygen atoms in total. The van der Waals surface area contributed by atoms with Crippen molar-refractivity contribution in [2.24, 2.45) is 5.41 Å². The molecule has 1 fully saturated rings. The van der Waals surface area contributed by atoms with Gasteiger partial charge < -0.3 is 4.90 Å². The summed E-state index contributed by atoms with van der Waals surface area (Å²) in [5, 5.41) is 0. The van der Waals surface area contributed by atoms with Crippen LogP contribution in [0.25, 0.3) is 0 Å². The molecule has 1 aromatic rings. The van der Waals surface area contributed by atoms with Crippen LogP contribution in [0.4, 0.5) is 0 Å². The molecule has 0 unspecified atom stereocenters. The molecule has 1 aliphatic carbocycles. The highest BCUT2D eigenvalue weighted by atomic mass is 15.1. The van der Waals surface area contributed by atoms with E-state index >= 15 is 0 Å². The van der Waals surface area contributed by atoms with Crippen molar-refractivity contribution in [2.45, 2.75) is 33.1 Å². The second-order valence-corrected chi connectivity index (χ2v) is 5.72. The van der Waals surface area contributed by atoms with Gasteiger partial charge in [-0.1, -0.05) is 31.2 Å². The Kier molecular flexibility index (Phi) is 3.34. The van der Waals surface area contributed by atoms with E-state index in [1.165, 1.54) is 43.5 Å². The van der Waals surface area contributed by atoms with Gasteiger partial charge in [0, 0.05) is 13.1 Å². The van der Waals surface area contributed by atoms with Crippen molar-refractivity contribution in [3.05, 3.63) is 35.4 Å². The fourth-order valence-corrected chi connectivity index (χ4v) is 2.30. The topological polar surface area (TPSA) is 3.24 Å². The molecule has 0 heterocycles. The summed E-state index contributed by atoms with van der Waals surface area (Å²) in [7, 11) is 2.25. The summed E-state index contributed by atoms with van der Waals surface area (Å²) in [5.41, 5.74) is 3.56. The van der Waals surface area contributed by atoms with E-state index in [2.05, 4.69) is 50.1 Å². The zero-order valence-corrected chi connectivity index (χ0v) is 10.8. The highest BCUT2D eigenvalue weighted by Gasteiger charge is 2.37. The number of hydrogen-bond acceptors (Lipinski definition) is 1. The quantitative estimate of drug-likeness (QED) is 0.731. The number of aryl methyl sites for hydroxylation is 1. The normalized spacial score (nSPS) is 17.8. The van der Waals surface area contributed by atoms with Crippen molar-refractivity contribution in [1.29, 1.82) is 0 Å². The molecule has 0 aliphatic heterocycles. The van der Waals surface area contributed by atoms with Gasteiger partial charge in [-0.2, -0.15) is 0 Å². The van der Waals surface area contributed by atoms with Gasteiger partial charge in [0.2, 0.25) is 0 Å². The Labute approximate surface area is 99.5 Å². The van der Waals surface area contributed by atoms with Crippen LogP contribution in [0.1, 0.15) is 30.9 Å². The molecule has 1 saturated carbocycles. The first kappa shape index (κ1) is 11.7. The molecule has 0 radical (unpaired) electrons. The van der Waals surface area contributed by atoms with Gasteiger partial charge in [-0.25, -0.2) is 0 Å². The smallest absolute Gasteiger partial charge is 0.00324 e. The summed E-state index contributed by atoms with van der Waals surface area (Å²) < 4.78 is 0. The maximum absolute atomic E-state index is 2.49. The standard InChI is InChI=1S/C15H23N/c1-13-6-4-5-7-14(13)8-11-16(3)12-15(2)9-10-15/h4-7H,8-12H2,1-3H3. The van der Waals surface area contributed by atoms with E-state index in [-0.39, 0.29) is 0 Å². The van der Waals surface area contributed by atoms with Crippen molar-refractivity contribution < 1.29 is 0 Å². The Balaban J connectivity index is 1.80. The lowest BCUT2D eigenvalue weighted by Crippen LogP contribution is -2.27. The Morgan fingerprint density at radius 3 is 2.56 bits per heavy atom. The largest absolute Gasteiger partial charge is 0.305 e. The van der Waals surface area contributed by atoms with Gasteiger partial charge in [-0.05, 0) is 49.8 Å². The van der Waals surface area contributed by atoms with Gasteiger partial charge in [0.1, 0.15) is 0 Å². The summed E-state index contributed by atoms with van der Waals surface area (Å²) in [5.74, 6) is 0. The SMILES string of the molecule is Cc1ccccc1CCN(C)CC1(C)CC1. The zero-order valence-electron chi connectivity index (χ0n) is 10.8. The van der Waals surface area contributed by atoms with E-state index in [0.717, 1.165) is 0 Å². The van der Waals surface area contributed by atoms with Crippen LogP contribution in [-0.2, 0) is 6.42 Å². The van der Waals surface area contributed by atoms with Crippen LogP contribution in [0.2, 0.25) is 0 Å². The van der Waals surface area contributed by atoms with Gasteiger partial charge in [0.05, 0.1) is 0 Å². The van der Waals surface area contributed by atoms with Gasteiger partial charge in [0.25, 0.3) is 0 Å². The Hall–Kier alpha value is -0.820. The molecule has 1 aromatic carbocycles. The van der Waals surface area contributed by atoms with E-state index in [9.17, 15) is 0 Å². The van der Waals surface area contributed by atoms with Gasteiger partial charge >= 0.3 is 0 Å². The summed E-state index contributed by atoms with van der Waals surface area (Å²) in [6.45, 7) is 7.05. The molecule has 2 rings (SSSR count). The van der Waals surface area contributed by atoms with Crippen LogP contribution >= 0.6 is 0 Å². The van der Waals surface area contributed by atoms with Crippen LogP contribution in [0.3, 0.4) is 0 Å². The molecular formula is C15H23N. The van der Waals surface area contributed by atoms with Crippen LogP contribution in [0, 0.1) is 12.3 Å². The lowest BCUT2D eigenvalue weighted by molar-refractivity contribution is 0.277. The molecule has 88 valence electrons. The van der Waals surface area contributed by atoms with Crippen LogP contribution in [-0.4, -0.2) is 25.0 Å². The zero-order chi connectivity index (χ0) is 11.6. The third-order valence-corrected chi connectivity index (χ3v) is 3.78. The lowest BCUT2D eigenvalue weighted by Gasteiger charge is -2.21. The predicted octanol–water partition coefficient (Wildman–Crippen LogP) is 3.27. The summed E-state index contributed by atoms with van der Waals surface area (Å²) in [6, 6.07) is 8.72. The molecule has 1 aliphatic rings. The van der Waals surface area contributed by atoms with Gasteiger partial charge in [0.15, 0.2) is 0 Å². The molecular weight excluding hydrogens is 194 g/mol. The molecule has 1 heteroatoms. The van der Waals surface area contributed by atoms with Crippen LogP contribution in [0.5, 0.6) is 0 Å². The maximum atomic E-state index is 2.49.